The number of aromatic nitrogens is 1. The minimum atomic E-state index is -0.287. The number of ether oxygens (including phenoxy) is 1. The summed E-state index contributed by atoms with van der Waals surface area (Å²) in [5.74, 6) is -0.0342. The molecule has 0 atom stereocenters. The number of hydrogen-bond acceptors (Lipinski definition) is 4. The molecule has 1 fully saturated rings. The highest BCUT2D eigenvalue weighted by Crippen LogP contribution is 2.21. The lowest BCUT2D eigenvalue weighted by Crippen LogP contribution is -2.55. The fourth-order valence-electron chi connectivity index (χ4n) is 2.23. The van der Waals surface area contributed by atoms with E-state index in [0.29, 0.717) is 25.5 Å². The van der Waals surface area contributed by atoms with Crippen molar-refractivity contribution in [1.29, 1.82) is 0 Å². The molecule has 5 heteroatoms. The predicted molar refractivity (Wildman–Crippen MR) is 74.3 cm³/mol. The number of rotatable bonds is 3. The van der Waals surface area contributed by atoms with Gasteiger partial charge in [0, 0.05) is 25.0 Å². The van der Waals surface area contributed by atoms with Gasteiger partial charge in [0.1, 0.15) is 5.69 Å². The third-order valence-corrected chi connectivity index (χ3v) is 3.25. The lowest BCUT2D eigenvalue weighted by molar-refractivity contribution is -0.0373. The molecule has 1 saturated heterocycles. The molecular formula is C14H21N3O2. The van der Waals surface area contributed by atoms with E-state index in [9.17, 15) is 4.79 Å². The summed E-state index contributed by atoms with van der Waals surface area (Å²) in [6.45, 7) is 8.62. The molecule has 104 valence electrons. The second-order valence-electron chi connectivity index (χ2n) is 5.28. The van der Waals surface area contributed by atoms with Crippen LogP contribution in [0.4, 0.5) is 5.69 Å². The van der Waals surface area contributed by atoms with Gasteiger partial charge in [-0.2, -0.15) is 0 Å². The third-order valence-electron chi connectivity index (χ3n) is 3.25. The molecule has 19 heavy (non-hydrogen) atoms. The van der Waals surface area contributed by atoms with Crippen molar-refractivity contribution in [3.63, 3.8) is 0 Å². The van der Waals surface area contributed by atoms with Gasteiger partial charge in [-0.15, -0.1) is 0 Å². The second kappa shape index (κ2) is 5.57. The molecule has 1 aliphatic heterocycles. The maximum atomic E-state index is 12.6. The van der Waals surface area contributed by atoms with Crippen LogP contribution < -0.4 is 5.32 Å². The van der Waals surface area contributed by atoms with E-state index >= 15 is 0 Å². The van der Waals surface area contributed by atoms with Gasteiger partial charge in [-0.3, -0.25) is 9.78 Å². The summed E-state index contributed by atoms with van der Waals surface area (Å²) < 4.78 is 5.44. The Hall–Kier alpha value is -1.62. The summed E-state index contributed by atoms with van der Waals surface area (Å²) in [7, 11) is 0. The topological polar surface area (TPSA) is 54.5 Å². The van der Waals surface area contributed by atoms with Gasteiger partial charge in [0.25, 0.3) is 5.91 Å². The summed E-state index contributed by atoms with van der Waals surface area (Å²) in [5.41, 5.74) is 1.12. The smallest absolute Gasteiger partial charge is 0.273 e. The van der Waals surface area contributed by atoms with E-state index in [0.717, 1.165) is 12.2 Å². The van der Waals surface area contributed by atoms with Crippen molar-refractivity contribution in [3.05, 3.63) is 24.0 Å². The molecule has 1 aromatic rings. The van der Waals surface area contributed by atoms with Gasteiger partial charge >= 0.3 is 0 Å². The van der Waals surface area contributed by atoms with E-state index in [-0.39, 0.29) is 11.4 Å². The molecule has 1 aromatic heterocycles. The van der Waals surface area contributed by atoms with E-state index in [4.69, 9.17) is 4.74 Å². The summed E-state index contributed by atoms with van der Waals surface area (Å²) >= 11 is 0. The van der Waals surface area contributed by atoms with Crippen LogP contribution in [0.5, 0.6) is 0 Å². The van der Waals surface area contributed by atoms with Crippen LogP contribution in [0.1, 0.15) is 31.3 Å². The molecule has 0 unspecified atom stereocenters. The molecule has 0 radical (unpaired) electrons. The zero-order chi connectivity index (χ0) is 13.9. The third kappa shape index (κ3) is 3.04. The molecule has 1 N–H and O–H groups in total. The first-order valence-corrected chi connectivity index (χ1v) is 6.64. The normalized spacial score (nSPS) is 18.2. The highest BCUT2D eigenvalue weighted by atomic mass is 16.5. The molecule has 0 saturated carbocycles. The maximum Gasteiger partial charge on any atom is 0.273 e. The molecule has 1 amide bonds. The zero-order valence-electron chi connectivity index (χ0n) is 11.8. The zero-order valence-corrected chi connectivity index (χ0v) is 11.8. The SMILES string of the molecule is CCNc1ccnc(C(=O)N2CCOCC2(C)C)c1. The number of amides is 1. The first kappa shape index (κ1) is 13.8. The fraction of sp³-hybridized carbons (Fsp3) is 0.571. The largest absolute Gasteiger partial charge is 0.385 e. The van der Waals surface area contributed by atoms with Crippen molar-refractivity contribution >= 4 is 11.6 Å². The minimum Gasteiger partial charge on any atom is -0.385 e. The van der Waals surface area contributed by atoms with Gasteiger partial charge in [0.2, 0.25) is 0 Å². The number of morpholine rings is 1. The van der Waals surface area contributed by atoms with Crippen LogP contribution >= 0.6 is 0 Å². The number of hydrogen-bond donors (Lipinski definition) is 1. The van der Waals surface area contributed by atoms with E-state index in [1.54, 1.807) is 12.3 Å². The number of carbonyl (C=O) groups is 1. The Bertz CT molecular complexity index is 460. The lowest BCUT2D eigenvalue weighted by Gasteiger charge is -2.41. The standard InChI is InChI=1S/C14H21N3O2/c1-4-15-11-5-6-16-12(9-11)13(18)17-7-8-19-10-14(17,2)3/h5-6,9H,4,7-8,10H2,1-3H3,(H,15,16). The van der Waals surface area contributed by atoms with Gasteiger partial charge in [0.15, 0.2) is 0 Å². The van der Waals surface area contributed by atoms with Crippen LogP contribution in [0.2, 0.25) is 0 Å². The van der Waals surface area contributed by atoms with Crippen molar-refractivity contribution in [3.8, 4) is 0 Å². The van der Waals surface area contributed by atoms with Crippen LogP contribution in [-0.2, 0) is 4.74 Å². The number of carbonyl (C=O) groups excluding carboxylic acids is 1. The highest BCUT2D eigenvalue weighted by molar-refractivity contribution is 5.93. The van der Waals surface area contributed by atoms with Gasteiger partial charge in [-0.1, -0.05) is 0 Å². The summed E-state index contributed by atoms with van der Waals surface area (Å²) in [6, 6.07) is 3.67. The summed E-state index contributed by atoms with van der Waals surface area (Å²) in [6.07, 6.45) is 1.67. The van der Waals surface area contributed by atoms with E-state index in [1.807, 2.05) is 31.7 Å². The number of anilines is 1. The van der Waals surface area contributed by atoms with Gasteiger partial charge in [0.05, 0.1) is 18.8 Å². The van der Waals surface area contributed by atoms with Crippen molar-refractivity contribution in [1.82, 2.24) is 9.88 Å². The molecule has 5 nitrogen and oxygen atoms in total. The Labute approximate surface area is 114 Å². The van der Waals surface area contributed by atoms with Crippen molar-refractivity contribution in [2.45, 2.75) is 26.3 Å². The molecule has 2 rings (SSSR count). The minimum absolute atomic E-state index is 0.0342. The number of pyridine rings is 1. The summed E-state index contributed by atoms with van der Waals surface area (Å²) in [4.78, 5) is 18.6. The number of nitrogens with one attached hydrogen (secondary N) is 1. The lowest BCUT2D eigenvalue weighted by atomic mass is 10.0. The summed E-state index contributed by atoms with van der Waals surface area (Å²) in [5, 5.41) is 3.19. The first-order valence-electron chi connectivity index (χ1n) is 6.64. The average molecular weight is 263 g/mol. The Morgan fingerprint density at radius 1 is 1.58 bits per heavy atom. The maximum absolute atomic E-state index is 12.6. The quantitative estimate of drug-likeness (QED) is 0.903. The monoisotopic (exact) mass is 263 g/mol. The van der Waals surface area contributed by atoms with Crippen molar-refractivity contribution < 1.29 is 9.53 Å². The van der Waals surface area contributed by atoms with Crippen molar-refractivity contribution in [2.75, 3.05) is 31.6 Å². The van der Waals surface area contributed by atoms with Crippen LogP contribution in [0.25, 0.3) is 0 Å². The molecule has 2 heterocycles. The van der Waals surface area contributed by atoms with Crippen LogP contribution in [-0.4, -0.2) is 47.6 Å². The Kier molecular flexibility index (Phi) is 4.04. The van der Waals surface area contributed by atoms with Crippen LogP contribution in [0.3, 0.4) is 0 Å². The van der Waals surface area contributed by atoms with E-state index in [1.165, 1.54) is 0 Å². The molecule has 0 aliphatic carbocycles. The predicted octanol–water partition coefficient (Wildman–Crippen LogP) is 1.76. The molecule has 0 aromatic carbocycles. The van der Waals surface area contributed by atoms with Gasteiger partial charge < -0.3 is 15.0 Å². The Morgan fingerprint density at radius 3 is 3.05 bits per heavy atom. The van der Waals surface area contributed by atoms with E-state index in [2.05, 4.69) is 10.3 Å². The van der Waals surface area contributed by atoms with Crippen molar-refractivity contribution in [2.24, 2.45) is 0 Å². The number of nitrogens with zero attached hydrogens (tertiary/aromatic N) is 2. The molecule has 1 aliphatic rings. The van der Waals surface area contributed by atoms with E-state index < -0.39 is 0 Å². The molecular weight excluding hydrogens is 242 g/mol. The molecule has 0 bridgehead atoms. The second-order valence-corrected chi connectivity index (χ2v) is 5.28. The fourth-order valence-corrected chi connectivity index (χ4v) is 2.23. The van der Waals surface area contributed by atoms with Gasteiger partial charge in [-0.25, -0.2) is 0 Å². The Morgan fingerprint density at radius 2 is 2.37 bits per heavy atom. The average Bonchev–Trinajstić information content (AvgIpc) is 2.38. The van der Waals surface area contributed by atoms with Gasteiger partial charge in [-0.05, 0) is 32.9 Å². The highest BCUT2D eigenvalue weighted by Gasteiger charge is 2.35. The van der Waals surface area contributed by atoms with Crippen LogP contribution in [0, 0.1) is 0 Å². The molecule has 0 spiro atoms. The van der Waals surface area contributed by atoms with Crippen LogP contribution in [0.15, 0.2) is 18.3 Å². The Balaban J connectivity index is 2.20. The first-order chi connectivity index (χ1) is 9.04.